The quantitative estimate of drug-likeness (QED) is 0.580. The Morgan fingerprint density at radius 3 is 2.08 bits per heavy atom. The molecule has 1 aromatic rings. The first kappa shape index (κ1) is 18.6. The second-order valence-corrected chi connectivity index (χ2v) is 6.54. The lowest BCUT2D eigenvalue weighted by molar-refractivity contribution is -0.145. The number of carbonyl (C=O) groups is 4. The highest BCUT2D eigenvalue weighted by molar-refractivity contribution is 6.45. The summed E-state index contributed by atoms with van der Waals surface area (Å²) in [5.74, 6) is -2.21. The second kappa shape index (κ2) is 7.46. The molecule has 0 aromatic heterocycles. The van der Waals surface area contributed by atoms with Crippen molar-refractivity contribution in [3.63, 3.8) is 0 Å². The van der Waals surface area contributed by atoms with E-state index >= 15 is 0 Å². The Labute approximate surface area is 147 Å². The topological polar surface area (TPSA) is 78.0 Å². The number of amides is 5. The van der Waals surface area contributed by atoms with Gasteiger partial charge >= 0.3 is 17.8 Å². The Kier molecular flexibility index (Phi) is 5.56. The highest BCUT2D eigenvalue weighted by Gasteiger charge is 2.46. The molecule has 1 saturated heterocycles. The van der Waals surface area contributed by atoms with Crippen LogP contribution in [0.3, 0.4) is 0 Å². The van der Waals surface area contributed by atoms with E-state index in [0.29, 0.717) is 6.54 Å². The van der Waals surface area contributed by atoms with E-state index in [0.717, 1.165) is 15.4 Å². The zero-order chi connectivity index (χ0) is 18.7. The first-order valence-electron chi connectivity index (χ1n) is 8.26. The minimum Gasteiger partial charge on any atom is -0.334 e. The number of hydrogen-bond donors (Lipinski definition) is 0. The second-order valence-electron chi connectivity index (χ2n) is 6.54. The van der Waals surface area contributed by atoms with Crippen molar-refractivity contribution in [3.8, 4) is 0 Å². The maximum absolute atomic E-state index is 12.7. The molecule has 0 aliphatic carbocycles. The molecule has 0 unspecified atom stereocenters. The molecule has 1 aliphatic heterocycles. The van der Waals surface area contributed by atoms with Crippen molar-refractivity contribution in [1.82, 2.24) is 14.7 Å². The fourth-order valence-electron chi connectivity index (χ4n) is 2.68. The summed E-state index contributed by atoms with van der Waals surface area (Å²) in [6.07, 6.45) is 0. The van der Waals surface area contributed by atoms with Gasteiger partial charge in [0.25, 0.3) is 0 Å². The molecule has 0 saturated carbocycles. The smallest absolute Gasteiger partial charge is 0.334 e. The van der Waals surface area contributed by atoms with Crippen molar-refractivity contribution in [2.75, 3.05) is 6.54 Å². The highest BCUT2D eigenvalue weighted by atomic mass is 16.2. The Hall–Kier alpha value is -2.70. The van der Waals surface area contributed by atoms with Crippen LogP contribution in [0.4, 0.5) is 4.79 Å². The van der Waals surface area contributed by atoms with Gasteiger partial charge in [0.1, 0.15) is 6.54 Å². The van der Waals surface area contributed by atoms with Crippen LogP contribution < -0.4 is 0 Å². The van der Waals surface area contributed by atoms with Crippen molar-refractivity contribution >= 4 is 23.8 Å². The summed E-state index contributed by atoms with van der Waals surface area (Å²) in [6.45, 7) is 6.95. The minimum atomic E-state index is -0.949. The summed E-state index contributed by atoms with van der Waals surface area (Å²) in [5, 5.41) is 0. The molecule has 1 fully saturated rings. The lowest BCUT2D eigenvalue weighted by Gasteiger charge is -2.28. The molecule has 134 valence electrons. The van der Waals surface area contributed by atoms with E-state index in [4.69, 9.17) is 0 Å². The van der Waals surface area contributed by atoms with Gasteiger partial charge in [0.05, 0.1) is 0 Å². The molecule has 7 heteroatoms. The summed E-state index contributed by atoms with van der Waals surface area (Å²) in [7, 11) is 0. The fourth-order valence-corrected chi connectivity index (χ4v) is 2.68. The molecule has 7 nitrogen and oxygen atoms in total. The summed E-state index contributed by atoms with van der Waals surface area (Å²) in [6, 6.07) is 8.17. The van der Waals surface area contributed by atoms with Gasteiger partial charge in [0.15, 0.2) is 0 Å². The zero-order valence-electron chi connectivity index (χ0n) is 14.9. The Bertz CT molecular complexity index is 685. The van der Waals surface area contributed by atoms with Gasteiger partial charge in [0.2, 0.25) is 5.91 Å². The van der Waals surface area contributed by atoms with Crippen LogP contribution in [0.25, 0.3) is 0 Å². The SMILES string of the molecule is CC(C)N(Cc1ccccc1)C(=O)CN1C(=O)C(=O)N(C(C)C)C1=O. The van der Waals surface area contributed by atoms with Crippen LogP contribution >= 0.6 is 0 Å². The van der Waals surface area contributed by atoms with Gasteiger partial charge in [-0.2, -0.15) is 0 Å². The molecule has 2 rings (SSSR count). The van der Waals surface area contributed by atoms with Gasteiger partial charge in [-0.3, -0.25) is 19.3 Å². The van der Waals surface area contributed by atoms with Crippen molar-refractivity contribution in [1.29, 1.82) is 0 Å². The molecule has 0 radical (unpaired) electrons. The van der Waals surface area contributed by atoms with Gasteiger partial charge in [-0.1, -0.05) is 30.3 Å². The first-order valence-corrected chi connectivity index (χ1v) is 8.26. The van der Waals surface area contributed by atoms with Gasteiger partial charge in [0, 0.05) is 18.6 Å². The lowest BCUT2D eigenvalue weighted by atomic mass is 10.2. The normalized spacial score (nSPS) is 14.9. The fraction of sp³-hybridized carbons (Fsp3) is 0.444. The Balaban J connectivity index is 2.14. The number of hydrogen-bond acceptors (Lipinski definition) is 4. The molecule has 1 aliphatic rings. The molecule has 5 amide bonds. The number of rotatable bonds is 6. The zero-order valence-corrected chi connectivity index (χ0v) is 14.9. The lowest BCUT2D eigenvalue weighted by Crippen LogP contribution is -2.46. The predicted octanol–water partition coefficient (Wildman–Crippen LogP) is 1.62. The molecule has 0 bridgehead atoms. The van der Waals surface area contributed by atoms with Gasteiger partial charge in [-0.15, -0.1) is 0 Å². The van der Waals surface area contributed by atoms with E-state index in [1.54, 1.807) is 18.7 Å². The molecular formula is C18H23N3O4. The predicted molar refractivity (Wildman–Crippen MR) is 91.2 cm³/mol. The largest absolute Gasteiger partial charge is 0.334 e. The number of urea groups is 1. The summed E-state index contributed by atoms with van der Waals surface area (Å²) < 4.78 is 0. The number of carbonyl (C=O) groups excluding carboxylic acids is 4. The van der Waals surface area contributed by atoms with E-state index in [1.807, 2.05) is 44.2 Å². The van der Waals surface area contributed by atoms with Crippen LogP contribution in [-0.4, -0.2) is 57.1 Å². The standard InChI is InChI=1S/C18H23N3O4/c1-12(2)19(10-14-8-6-5-7-9-14)15(22)11-20-16(23)17(24)21(13(3)4)18(20)25/h5-9,12-13H,10-11H2,1-4H3. The molecule has 1 heterocycles. The van der Waals surface area contributed by atoms with Crippen molar-refractivity contribution < 1.29 is 19.2 Å². The van der Waals surface area contributed by atoms with Gasteiger partial charge in [-0.25, -0.2) is 9.69 Å². The summed E-state index contributed by atoms with van der Waals surface area (Å²) in [5.41, 5.74) is 0.948. The maximum atomic E-state index is 12.7. The molecule has 25 heavy (non-hydrogen) atoms. The summed E-state index contributed by atoms with van der Waals surface area (Å²) >= 11 is 0. The highest BCUT2D eigenvalue weighted by Crippen LogP contribution is 2.16. The van der Waals surface area contributed by atoms with Crippen LogP contribution in [0.5, 0.6) is 0 Å². The van der Waals surface area contributed by atoms with E-state index in [1.165, 1.54) is 0 Å². The number of nitrogens with zero attached hydrogens (tertiary/aromatic N) is 3. The van der Waals surface area contributed by atoms with Crippen LogP contribution in [0.1, 0.15) is 33.3 Å². The molecule has 0 N–H and O–H groups in total. The average Bonchev–Trinajstić information content (AvgIpc) is 2.76. The minimum absolute atomic E-state index is 0.114. The first-order chi connectivity index (χ1) is 11.7. The molecule has 0 atom stereocenters. The Morgan fingerprint density at radius 1 is 1.00 bits per heavy atom. The van der Waals surface area contributed by atoms with E-state index in [-0.39, 0.29) is 11.9 Å². The molecule has 1 aromatic carbocycles. The van der Waals surface area contributed by atoms with Crippen LogP contribution in [0.2, 0.25) is 0 Å². The number of benzene rings is 1. The van der Waals surface area contributed by atoms with Crippen molar-refractivity contribution in [3.05, 3.63) is 35.9 Å². The third-order valence-electron chi connectivity index (χ3n) is 4.03. The van der Waals surface area contributed by atoms with E-state index < -0.39 is 30.4 Å². The van der Waals surface area contributed by atoms with Crippen LogP contribution in [0.15, 0.2) is 30.3 Å². The summed E-state index contributed by atoms with van der Waals surface area (Å²) in [4.78, 5) is 52.1. The van der Waals surface area contributed by atoms with Crippen LogP contribution in [-0.2, 0) is 20.9 Å². The third-order valence-corrected chi connectivity index (χ3v) is 4.03. The van der Waals surface area contributed by atoms with Crippen molar-refractivity contribution in [2.45, 2.75) is 46.3 Å². The third kappa shape index (κ3) is 3.87. The van der Waals surface area contributed by atoms with E-state index in [2.05, 4.69) is 0 Å². The van der Waals surface area contributed by atoms with Crippen LogP contribution in [0, 0.1) is 0 Å². The number of imide groups is 2. The average molecular weight is 345 g/mol. The molecular weight excluding hydrogens is 322 g/mol. The van der Waals surface area contributed by atoms with Gasteiger partial charge in [-0.05, 0) is 33.3 Å². The van der Waals surface area contributed by atoms with Gasteiger partial charge < -0.3 is 4.90 Å². The molecule has 0 spiro atoms. The Morgan fingerprint density at radius 2 is 1.60 bits per heavy atom. The van der Waals surface area contributed by atoms with Crippen molar-refractivity contribution in [2.24, 2.45) is 0 Å². The maximum Gasteiger partial charge on any atom is 0.334 e. The monoisotopic (exact) mass is 345 g/mol. The van der Waals surface area contributed by atoms with E-state index in [9.17, 15) is 19.2 Å².